The molecule has 0 saturated carbocycles. The third kappa shape index (κ3) is 4.45. The zero-order chi connectivity index (χ0) is 16.6. The van der Waals surface area contributed by atoms with Crippen molar-refractivity contribution in [1.82, 2.24) is 0 Å². The second-order valence-electron chi connectivity index (χ2n) is 6.26. The van der Waals surface area contributed by atoms with Gasteiger partial charge < -0.3 is 0 Å². The molecule has 0 amide bonds. The summed E-state index contributed by atoms with van der Waals surface area (Å²) < 4.78 is 0. The third-order valence-electron chi connectivity index (χ3n) is 4.49. The molecule has 0 bridgehead atoms. The highest BCUT2D eigenvalue weighted by atomic mass is 14.1. The molecule has 3 aromatic carbocycles. The quantitative estimate of drug-likeness (QED) is 0.487. The Hall–Kier alpha value is -2.60. The highest BCUT2D eigenvalue weighted by Gasteiger charge is 2.10. The smallest absolute Gasteiger partial charge is 0.00270 e. The summed E-state index contributed by atoms with van der Waals surface area (Å²) in [5, 5.41) is 0. The van der Waals surface area contributed by atoms with E-state index in [0.717, 1.165) is 12.8 Å². The van der Waals surface area contributed by atoms with Crippen molar-refractivity contribution in [1.29, 1.82) is 0 Å². The Morgan fingerprint density at radius 1 is 0.750 bits per heavy atom. The molecular formula is C24H24. The van der Waals surface area contributed by atoms with E-state index in [9.17, 15) is 0 Å². The highest BCUT2D eigenvalue weighted by molar-refractivity contribution is 5.64. The highest BCUT2D eigenvalue weighted by Crippen LogP contribution is 2.27. The Kier molecular flexibility index (Phi) is 5.63. The molecule has 1 unspecified atom stereocenters. The number of rotatable bonds is 6. The van der Waals surface area contributed by atoms with Crippen molar-refractivity contribution >= 4 is 5.57 Å². The lowest BCUT2D eigenvalue weighted by Crippen LogP contribution is -1.99. The summed E-state index contributed by atoms with van der Waals surface area (Å²) in [6, 6.07) is 32.3. The summed E-state index contributed by atoms with van der Waals surface area (Å²) in [6.07, 6.45) is 4.64. The topological polar surface area (TPSA) is 0 Å². The van der Waals surface area contributed by atoms with Gasteiger partial charge in [0.2, 0.25) is 0 Å². The van der Waals surface area contributed by atoms with E-state index in [2.05, 4.69) is 104 Å². The van der Waals surface area contributed by atoms with Gasteiger partial charge in [0.15, 0.2) is 0 Å². The Bertz CT molecular complexity index is 755. The first-order chi connectivity index (χ1) is 11.8. The molecule has 0 nitrogen and oxygen atoms in total. The summed E-state index contributed by atoms with van der Waals surface area (Å²) in [5.74, 6) is 0.437. The standard InChI is InChI=1S/C24H24/c1-20(22-13-7-3-8-14-22)19-24(23-15-9-4-10-16-23)18-17-21-11-5-2-6-12-21/h2-16,19,24H,17-18H2,1H3/b20-19+. The molecule has 120 valence electrons. The fourth-order valence-corrected chi connectivity index (χ4v) is 3.11. The molecule has 0 fully saturated rings. The second kappa shape index (κ2) is 8.31. The molecule has 0 saturated heterocycles. The Labute approximate surface area is 145 Å². The van der Waals surface area contributed by atoms with Gasteiger partial charge in [-0.2, -0.15) is 0 Å². The van der Waals surface area contributed by atoms with Crippen LogP contribution in [0.4, 0.5) is 0 Å². The van der Waals surface area contributed by atoms with Crippen molar-refractivity contribution in [2.24, 2.45) is 0 Å². The molecule has 0 aliphatic rings. The molecule has 0 aliphatic carbocycles. The Balaban J connectivity index is 1.82. The van der Waals surface area contributed by atoms with Crippen LogP contribution in [0.2, 0.25) is 0 Å². The minimum Gasteiger partial charge on any atom is -0.0735 e. The third-order valence-corrected chi connectivity index (χ3v) is 4.49. The van der Waals surface area contributed by atoms with Gasteiger partial charge in [0.1, 0.15) is 0 Å². The predicted octanol–water partition coefficient (Wildman–Crippen LogP) is 6.51. The lowest BCUT2D eigenvalue weighted by Gasteiger charge is -2.15. The summed E-state index contributed by atoms with van der Waals surface area (Å²) in [4.78, 5) is 0. The molecule has 0 aliphatic heterocycles. The number of allylic oxidation sites excluding steroid dienone is 2. The molecule has 0 heterocycles. The second-order valence-corrected chi connectivity index (χ2v) is 6.26. The van der Waals surface area contributed by atoms with Gasteiger partial charge in [-0.25, -0.2) is 0 Å². The maximum Gasteiger partial charge on any atom is 0.00270 e. The molecule has 1 atom stereocenters. The predicted molar refractivity (Wildman–Crippen MR) is 104 cm³/mol. The van der Waals surface area contributed by atoms with E-state index in [4.69, 9.17) is 0 Å². The average molecular weight is 312 g/mol. The van der Waals surface area contributed by atoms with Crippen LogP contribution in [0.1, 0.15) is 36.0 Å². The zero-order valence-corrected chi connectivity index (χ0v) is 14.2. The van der Waals surface area contributed by atoms with E-state index in [1.54, 1.807) is 0 Å². The zero-order valence-electron chi connectivity index (χ0n) is 14.2. The van der Waals surface area contributed by atoms with Crippen LogP contribution in [0, 0.1) is 0 Å². The van der Waals surface area contributed by atoms with E-state index < -0.39 is 0 Å². The number of benzene rings is 3. The van der Waals surface area contributed by atoms with E-state index in [1.807, 2.05) is 0 Å². The van der Waals surface area contributed by atoms with Gasteiger partial charge in [0.05, 0.1) is 0 Å². The van der Waals surface area contributed by atoms with Gasteiger partial charge in [-0.1, -0.05) is 97.1 Å². The Morgan fingerprint density at radius 2 is 1.29 bits per heavy atom. The van der Waals surface area contributed by atoms with Crippen LogP contribution >= 0.6 is 0 Å². The van der Waals surface area contributed by atoms with Crippen molar-refractivity contribution in [3.8, 4) is 0 Å². The maximum absolute atomic E-state index is 2.42. The van der Waals surface area contributed by atoms with Gasteiger partial charge in [-0.3, -0.25) is 0 Å². The van der Waals surface area contributed by atoms with E-state index in [-0.39, 0.29) is 0 Å². The fourth-order valence-electron chi connectivity index (χ4n) is 3.11. The molecule has 0 spiro atoms. The van der Waals surface area contributed by atoms with Crippen molar-refractivity contribution in [2.75, 3.05) is 0 Å². The monoisotopic (exact) mass is 312 g/mol. The van der Waals surface area contributed by atoms with Gasteiger partial charge >= 0.3 is 0 Å². The first kappa shape index (κ1) is 16.3. The molecule has 0 heteroatoms. The maximum atomic E-state index is 2.42. The van der Waals surface area contributed by atoms with Crippen molar-refractivity contribution < 1.29 is 0 Å². The van der Waals surface area contributed by atoms with Crippen LogP contribution in [0.15, 0.2) is 97.1 Å². The van der Waals surface area contributed by atoms with E-state index in [1.165, 1.54) is 22.3 Å². The summed E-state index contributed by atoms with van der Waals surface area (Å²) in [5.41, 5.74) is 5.45. The molecular weight excluding hydrogens is 288 g/mol. The average Bonchev–Trinajstić information content (AvgIpc) is 2.67. The first-order valence-corrected chi connectivity index (χ1v) is 8.65. The van der Waals surface area contributed by atoms with Crippen LogP contribution in [0.25, 0.3) is 5.57 Å². The van der Waals surface area contributed by atoms with Crippen molar-refractivity contribution in [3.05, 3.63) is 114 Å². The molecule has 0 radical (unpaired) electrons. The first-order valence-electron chi connectivity index (χ1n) is 8.65. The van der Waals surface area contributed by atoms with Crippen LogP contribution in [0.3, 0.4) is 0 Å². The normalized spacial score (nSPS) is 12.8. The van der Waals surface area contributed by atoms with Crippen LogP contribution in [-0.4, -0.2) is 0 Å². The summed E-state index contributed by atoms with van der Waals surface area (Å²) in [6.45, 7) is 2.22. The largest absolute Gasteiger partial charge is 0.0735 e. The number of aryl methyl sites for hydroxylation is 1. The van der Waals surface area contributed by atoms with Gasteiger partial charge in [-0.15, -0.1) is 0 Å². The minimum absolute atomic E-state index is 0.437. The molecule has 24 heavy (non-hydrogen) atoms. The molecule has 0 aromatic heterocycles. The molecule has 3 rings (SSSR count). The number of hydrogen-bond donors (Lipinski definition) is 0. The van der Waals surface area contributed by atoms with E-state index >= 15 is 0 Å². The van der Waals surface area contributed by atoms with Crippen molar-refractivity contribution in [2.45, 2.75) is 25.7 Å². The number of hydrogen-bond acceptors (Lipinski definition) is 0. The van der Waals surface area contributed by atoms with Gasteiger partial charge in [0.25, 0.3) is 0 Å². The van der Waals surface area contributed by atoms with E-state index in [0.29, 0.717) is 5.92 Å². The molecule has 0 N–H and O–H groups in total. The lowest BCUT2D eigenvalue weighted by atomic mass is 9.89. The van der Waals surface area contributed by atoms with Crippen LogP contribution < -0.4 is 0 Å². The van der Waals surface area contributed by atoms with Crippen LogP contribution in [-0.2, 0) is 6.42 Å². The van der Waals surface area contributed by atoms with Crippen LogP contribution in [0.5, 0.6) is 0 Å². The van der Waals surface area contributed by atoms with Crippen molar-refractivity contribution in [3.63, 3.8) is 0 Å². The fraction of sp³-hybridized carbons (Fsp3) is 0.167. The lowest BCUT2D eigenvalue weighted by molar-refractivity contribution is 0.736. The summed E-state index contributed by atoms with van der Waals surface area (Å²) >= 11 is 0. The minimum atomic E-state index is 0.437. The summed E-state index contributed by atoms with van der Waals surface area (Å²) in [7, 11) is 0. The SMILES string of the molecule is C/C(=C\C(CCc1ccccc1)c1ccccc1)c1ccccc1. The molecule has 3 aromatic rings. The van der Waals surface area contributed by atoms with Gasteiger partial charge in [-0.05, 0) is 42.0 Å². The van der Waals surface area contributed by atoms with Gasteiger partial charge in [0, 0.05) is 5.92 Å². The Morgan fingerprint density at radius 3 is 1.92 bits per heavy atom.